The molecule has 6 nitrogen and oxygen atoms in total. The van der Waals surface area contributed by atoms with Crippen molar-refractivity contribution in [2.75, 3.05) is 5.75 Å². The average molecular weight is 368 g/mol. The first kappa shape index (κ1) is 18.5. The normalized spacial score (nSPS) is 22.9. The second-order valence-corrected chi connectivity index (χ2v) is 6.62. The molecule has 2 aliphatic rings. The number of carboxylic acid groups (broad SMARTS) is 1. The van der Waals surface area contributed by atoms with Crippen LogP contribution in [0.25, 0.3) is 0 Å². The largest absolute Gasteiger partial charge is 1.00 e. The number of halogens is 1. The third-order valence-electron chi connectivity index (χ3n) is 4.03. The summed E-state index contributed by atoms with van der Waals surface area (Å²) in [6, 6.07) is 5.33. The number of hydrogen-bond donors (Lipinski definition) is 2. The van der Waals surface area contributed by atoms with Gasteiger partial charge in [0.25, 0.3) is 0 Å². The number of pyridine rings is 1. The molecule has 0 radical (unpaired) electrons. The highest BCUT2D eigenvalue weighted by Gasteiger charge is 2.51. The number of amides is 1. The Bertz CT molecular complexity index is 735. The van der Waals surface area contributed by atoms with Crippen molar-refractivity contribution in [2.45, 2.75) is 24.9 Å². The second kappa shape index (κ2) is 7.38. The predicted molar refractivity (Wildman–Crippen MR) is 86.2 cm³/mol. The molecule has 0 aliphatic carbocycles. The molecule has 3 heterocycles. The summed E-state index contributed by atoms with van der Waals surface area (Å²) >= 11 is 1.50. The monoisotopic (exact) mass is 367 g/mol. The van der Waals surface area contributed by atoms with Crippen molar-refractivity contribution >= 4 is 23.6 Å². The first-order chi connectivity index (χ1) is 11.0. The van der Waals surface area contributed by atoms with Crippen molar-refractivity contribution in [3.05, 3.63) is 53.5 Å². The fourth-order valence-electron chi connectivity index (χ4n) is 2.74. The van der Waals surface area contributed by atoms with Crippen LogP contribution in [-0.2, 0) is 16.1 Å². The standard InChI is InChI=1S/C16H17N3O3S.ClH/c1-10-5-2-3-7-18(10)8-4-6-11-9-23-15-12(17)14(20)19(15)13(11)16(21)22;/h2-7,12,15H,8-9,17H2,1H3;1H/b6-4+;/t12-,15-;/m1./s1. The van der Waals surface area contributed by atoms with E-state index in [2.05, 4.69) is 4.57 Å². The zero-order chi connectivity index (χ0) is 16.6. The number of fused-ring (bicyclic) bond motifs is 1. The van der Waals surface area contributed by atoms with Crippen molar-refractivity contribution in [1.29, 1.82) is 0 Å². The van der Waals surface area contributed by atoms with Gasteiger partial charge in [-0.3, -0.25) is 9.69 Å². The van der Waals surface area contributed by atoms with E-state index in [9.17, 15) is 14.7 Å². The number of carbonyl (C=O) groups is 2. The summed E-state index contributed by atoms with van der Waals surface area (Å²) in [6.07, 6.45) is 5.68. The molecule has 3 rings (SSSR count). The van der Waals surface area contributed by atoms with Crippen molar-refractivity contribution in [3.8, 4) is 0 Å². The number of allylic oxidation sites excluding steroid dienone is 2. The number of aliphatic carboxylic acids is 1. The van der Waals surface area contributed by atoms with Crippen LogP contribution in [0, 0.1) is 6.92 Å². The fraction of sp³-hybridized carbons (Fsp3) is 0.312. The molecule has 128 valence electrons. The molecular weight excluding hydrogens is 350 g/mol. The van der Waals surface area contributed by atoms with Crippen LogP contribution in [0.1, 0.15) is 5.69 Å². The third-order valence-corrected chi connectivity index (χ3v) is 5.35. The topological polar surface area (TPSA) is 87.5 Å². The number of thioether (sulfide) groups is 1. The summed E-state index contributed by atoms with van der Waals surface area (Å²) in [5.41, 5.74) is 7.55. The average Bonchev–Trinajstić information content (AvgIpc) is 2.55. The molecule has 1 aromatic heterocycles. The van der Waals surface area contributed by atoms with Gasteiger partial charge in [0.1, 0.15) is 17.1 Å². The van der Waals surface area contributed by atoms with Gasteiger partial charge in [0, 0.05) is 24.8 Å². The summed E-state index contributed by atoms with van der Waals surface area (Å²) < 4.78 is 2.06. The summed E-state index contributed by atoms with van der Waals surface area (Å²) in [6.45, 7) is 2.65. The van der Waals surface area contributed by atoms with E-state index in [1.807, 2.05) is 37.4 Å². The minimum Gasteiger partial charge on any atom is -1.00 e. The van der Waals surface area contributed by atoms with Crippen LogP contribution in [0.2, 0.25) is 0 Å². The number of nitrogens with two attached hydrogens (primary N) is 1. The van der Waals surface area contributed by atoms with E-state index in [0.717, 1.165) is 5.69 Å². The molecular formula is C16H18ClN3O3S. The lowest BCUT2D eigenvalue weighted by atomic mass is 10.0. The molecule has 1 fully saturated rings. The van der Waals surface area contributed by atoms with E-state index in [1.165, 1.54) is 16.7 Å². The molecule has 0 bridgehead atoms. The predicted octanol–water partition coefficient (Wildman–Crippen LogP) is -2.58. The number of rotatable bonds is 4. The van der Waals surface area contributed by atoms with Crippen LogP contribution >= 0.6 is 11.8 Å². The summed E-state index contributed by atoms with van der Waals surface area (Å²) in [5.74, 6) is -0.865. The molecule has 0 saturated carbocycles. The van der Waals surface area contributed by atoms with Gasteiger partial charge in [-0.05, 0) is 11.6 Å². The number of nitrogens with zero attached hydrogens (tertiary/aromatic N) is 2. The summed E-state index contributed by atoms with van der Waals surface area (Å²) in [4.78, 5) is 24.7. The Balaban J connectivity index is 0.00000208. The van der Waals surface area contributed by atoms with E-state index in [0.29, 0.717) is 17.9 Å². The Morgan fingerprint density at radius 1 is 1.54 bits per heavy atom. The molecule has 0 aromatic carbocycles. The highest BCUT2D eigenvalue weighted by Crippen LogP contribution is 2.39. The number of carbonyl (C=O) groups excluding carboxylic acids is 1. The van der Waals surface area contributed by atoms with E-state index in [4.69, 9.17) is 5.73 Å². The quantitative estimate of drug-likeness (QED) is 0.451. The van der Waals surface area contributed by atoms with Crippen LogP contribution in [0.15, 0.2) is 47.8 Å². The molecule has 1 saturated heterocycles. The Hall–Kier alpha value is -1.83. The number of carboxylic acids is 1. The zero-order valence-corrected chi connectivity index (χ0v) is 14.6. The maximum atomic E-state index is 11.9. The highest BCUT2D eigenvalue weighted by molar-refractivity contribution is 8.00. The molecule has 3 N–H and O–H groups in total. The van der Waals surface area contributed by atoms with Gasteiger partial charge >= 0.3 is 5.97 Å². The van der Waals surface area contributed by atoms with Crippen LogP contribution in [-0.4, -0.2) is 39.1 Å². The minimum atomic E-state index is -1.08. The molecule has 1 aromatic rings. The molecule has 1 amide bonds. The lowest BCUT2D eigenvalue weighted by molar-refractivity contribution is -0.693. The first-order valence-electron chi connectivity index (χ1n) is 7.29. The zero-order valence-electron chi connectivity index (χ0n) is 13.1. The van der Waals surface area contributed by atoms with Gasteiger partial charge in [0.05, 0.1) is 0 Å². The lowest BCUT2D eigenvalue weighted by Crippen LogP contribution is -3.00. The maximum Gasteiger partial charge on any atom is 0.352 e. The second-order valence-electron chi connectivity index (χ2n) is 5.51. The Labute approximate surface area is 150 Å². The van der Waals surface area contributed by atoms with Gasteiger partial charge in [-0.25, -0.2) is 4.79 Å². The smallest absolute Gasteiger partial charge is 0.352 e. The van der Waals surface area contributed by atoms with Crippen LogP contribution < -0.4 is 22.7 Å². The van der Waals surface area contributed by atoms with Gasteiger partial charge in [0.15, 0.2) is 18.4 Å². The van der Waals surface area contributed by atoms with Gasteiger partial charge < -0.3 is 23.2 Å². The fourth-order valence-corrected chi connectivity index (χ4v) is 4.01. The molecule has 0 unspecified atom stereocenters. The van der Waals surface area contributed by atoms with Crippen molar-refractivity contribution in [2.24, 2.45) is 5.73 Å². The third kappa shape index (κ3) is 3.19. The number of β-lactam (4-membered cyclic amide) rings is 1. The van der Waals surface area contributed by atoms with E-state index in [1.54, 1.807) is 6.08 Å². The Morgan fingerprint density at radius 2 is 2.29 bits per heavy atom. The van der Waals surface area contributed by atoms with Crippen molar-refractivity contribution < 1.29 is 31.7 Å². The summed E-state index contributed by atoms with van der Waals surface area (Å²) in [5, 5.41) is 9.20. The number of aryl methyl sites for hydroxylation is 1. The van der Waals surface area contributed by atoms with Gasteiger partial charge in [-0.2, -0.15) is 4.57 Å². The van der Waals surface area contributed by atoms with Crippen LogP contribution in [0.3, 0.4) is 0 Å². The molecule has 2 atom stereocenters. The van der Waals surface area contributed by atoms with Crippen LogP contribution in [0.4, 0.5) is 0 Å². The van der Waals surface area contributed by atoms with E-state index >= 15 is 0 Å². The van der Waals surface area contributed by atoms with Crippen molar-refractivity contribution in [1.82, 2.24) is 4.90 Å². The van der Waals surface area contributed by atoms with E-state index in [-0.39, 0.29) is 29.4 Å². The van der Waals surface area contributed by atoms with Gasteiger partial charge in [-0.15, -0.1) is 11.8 Å². The Kier molecular flexibility index (Phi) is 5.69. The van der Waals surface area contributed by atoms with E-state index < -0.39 is 12.0 Å². The maximum absolute atomic E-state index is 11.9. The summed E-state index contributed by atoms with van der Waals surface area (Å²) in [7, 11) is 0. The minimum absolute atomic E-state index is 0. The first-order valence-corrected chi connectivity index (χ1v) is 8.34. The molecule has 2 aliphatic heterocycles. The van der Waals surface area contributed by atoms with Gasteiger partial charge in [-0.1, -0.05) is 12.1 Å². The Morgan fingerprint density at radius 3 is 2.96 bits per heavy atom. The highest BCUT2D eigenvalue weighted by atomic mass is 35.5. The van der Waals surface area contributed by atoms with Crippen molar-refractivity contribution in [3.63, 3.8) is 0 Å². The van der Waals surface area contributed by atoms with Gasteiger partial charge in [0.2, 0.25) is 5.91 Å². The lowest BCUT2D eigenvalue weighted by Gasteiger charge is -2.47. The molecule has 8 heteroatoms. The number of aromatic nitrogens is 1. The van der Waals surface area contributed by atoms with Crippen LogP contribution in [0.5, 0.6) is 0 Å². The number of hydrogen-bond acceptors (Lipinski definition) is 4. The molecule has 24 heavy (non-hydrogen) atoms. The molecule has 0 spiro atoms. The SMILES string of the molecule is Cc1cccc[n+]1C/C=C/C1=C(C(=O)O)N2C(=O)[C@@H](N)[C@H]2SC1.[Cl-].